The first-order chi connectivity index (χ1) is 68.5. The van der Waals surface area contributed by atoms with E-state index in [4.69, 9.17) is 88.9 Å². The number of hydrogen-bond acceptors (Lipinski definition) is 18. The highest BCUT2D eigenvalue weighted by atomic mass is 35.5. The van der Waals surface area contributed by atoms with Crippen molar-refractivity contribution in [1.82, 2.24) is 83.6 Å². The number of aryl methyl sites for hydroxylation is 19. The van der Waals surface area contributed by atoms with Gasteiger partial charge in [-0.2, -0.15) is 20.5 Å². The van der Waals surface area contributed by atoms with Crippen molar-refractivity contribution in [3.63, 3.8) is 0 Å². The number of carbonyl (C=O) groups excluding carboxylic acids is 3. The summed E-state index contributed by atoms with van der Waals surface area (Å²) >= 11 is 41.2. The third-order valence-corrected chi connectivity index (χ3v) is 31.0. The van der Waals surface area contributed by atoms with E-state index in [1.165, 1.54) is 6.07 Å². The first-order valence-electron chi connectivity index (χ1n) is 47.2. The molecule has 8 aromatic carbocycles. The number of halogens is 6. The summed E-state index contributed by atoms with van der Waals surface area (Å²) in [4.78, 5) is 77.4. The monoisotopic (exact) mass is 2060 g/mol. The van der Waals surface area contributed by atoms with Gasteiger partial charge in [0.05, 0.1) is 79.8 Å². The summed E-state index contributed by atoms with van der Waals surface area (Å²) in [6.07, 6.45) is 5.80. The number of benzene rings is 8. The Morgan fingerprint density at radius 3 is 1.16 bits per heavy atom. The largest absolute Gasteiger partial charge is 0.494 e. The lowest BCUT2D eigenvalue weighted by Crippen LogP contribution is -2.32. The Hall–Kier alpha value is -13.4. The van der Waals surface area contributed by atoms with Gasteiger partial charge in [-0.05, 0) is 287 Å². The van der Waals surface area contributed by atoms with Crippen LogP contribution in [0.3, 0.4) is 0 Å². The second-order valence-electron chi connectivity index (χ2n) is 36.8. The van der Waals surface area contributed by atoms with E-state index >= 15 is 4.79 Å². The lowest BCUT2D eigenvalue weighted by atomic mass is 9.98. The molecule has 0 saturated heterocycles. The van der Waals surface area contributed by atoms with Crippen molar-refractivity contribution < 1.29 is 48.4 Å². The van der Waals surface area contributed by atoms with Gasteiger partial charge in [-0.1, -0.05) is 93.0 Å². The lowest BCUT2D eigenvalue weighted by Gasteiger charge is -2.22. The number of carbonyl (C=O) groups is 5. The number of hydrogen-bond donors (Lipinski definition) is 3. The van der Waals surface area contributed by atoms with Crippen LogP contribution in [0.2, 0.25) is 30.1 Å². The summed E-state index contributed by atoms with van der Waals surface area (Å²) in [5.41, 5.74) is 27.3. The van der Waals surface area contributed by atoms with Crippen molar-refractivity contribution in [2.75, 3.05) is 54.2 Å². The summed E-state index contributed by atoms with van der Waals surface area (Å²) in [5.74, 6) is 0.430. The molecule has 30 nitrogen and oxygen atoms in total. The minimum atomic E-state index is -1.11. The first kappa shape index (κ1) is 99.7. The predicted molar refractivity (Wildman–Crippen MR) is 563 cm³/mol. The summed E-state index contributed by atoms with van der Waals surface area (Å²) in [6.45, 7) is 28.3. The number of anilines is 3. The Morgan fingerprint density at radius 2 is 0.804 bits per heavy atom. The van der Waals surface area contributed by atoms with Crippen LogP contribution >= 0.6 is 80.9 Å². The van der Waals surface area contributed by atoms with Gasteiger partial charge in [-0.25, -0.2) is 19.3 Å². The Bertz CT molecular complexity index is 7930. The molecule has 20 rings (SSSR count). The Morgan fingerprint density at radius 1 is 0.427 bits per heavy atom. The van der Waals surface area contributed by atoms with Crippen molar-refractivity contribution in [3.8, 4) is 62.0 Å². The molecule has 0 saturated carbocycles. The van der Waals surface area contributed by atoms with Crippen molar-refractivity contribution in [3.05, 3.63) is 257 Å². The standard InChI is InChI=1S/C37H37Cl2N7O4.C36H36Cl2N8O2.C33H33Cl2N5O4S/c1-19-15-24(16-20(2)32(19)39)50-14-7-9-25-26-10-11-27(38)31(30-21(3)41-43(5)22(30)4)33(26)46-13-8-12-45(36(47)34(25)46)29-18-23(37(48)49)17-28-35(29)44(6)42-40-28;1-20-18-26(19-21(2)32(20)38)48-17-6-8-27-28-13-14-29(37)31(30-22(3)41-44(5)23(30)4)33(28)46-16-7-15-45(36(47)34(27)46)25-11-9-24(10-12-25)35-39-42-43-40-35;1-17-14-21(15-18(2)28(17)35)44-13-6-8-22-23-9-10-24(34)27(26-19(3)37-38(5)20(26)4)29(23)40-12-7-11-39(32(41)30(22)40)25-16-45-31(36-25)33(42)43/h10-11,15-18H,7-9,12-14H2,1-6H3,(H,48,49);9-14,18-19H,6-8,15-17H2,1-5H3,(H,39,40,42,43);9-10,14-16H,6-8,11-13H2,1-5H3,(H,42,43). The van der Waals surface area contributed by atoms with Crippen molar-refractivity contribution in [2.45, 2.75) is 161 Å². The molecule has 12 heterocycles. The van der Waals surface area contributed by atoms with Gasteiger partial charge in [0.25, 0.3) is 17.7 Å². The molecular formula is C106H106Cl6N20O10S. The molecule has 738 valence electrons. The number of ether oxygens (including phenoxy) is 3. The van der Waals surface area contributed by atoms with Crippen LogP contribution in [-0.4, -0.2) is 163 Å². The number of aromatic carboxylic acids is 2. The van der Waals surface area contributed by atoms with E-state index in [9.17, 15) is 29.4 Å². The van der Waals surface area contributed by atoms with Crippen LogP contribution in [-0.2, 0) is 67.1 Å². The molecule has 0 atom stereocenters. The molecule has 37 heteroatoms. The fourth-order valence-electron chi connectivity index (χ4n) is 20.7. The van der Waals surface area contributed by atoms with Gasteiger partial charge in [-0.3, -0.25) is 33.3 Å². The van der Waals surface area contributed by atoms with E-state index in [0.29, 0.717) is 171 Å². The number of rotatable bonds is 24. The normalized spacial score (nSPS) is 13.4. The average molecular weight is 2060 g/mol. The van der Waals surface area contributed by atoms with E-state index in [1.54, 1.807) is 33.0 Å². The predicted octanol–water partition coefficient (Wildman–Crippen LogP) is 23.2. The number of fused-ring (bicyclic) bond motifs is 10. The fraction of sp³-hybridized carbons (Fsp3) is 0.321. The molecule has 0 fully saturated rings. The minimum Gasteiger partial charge on any atom is -0.494 e. The third kappa shape index (κ3) is 18.7. The number of nitrogens with one attached hydrogen (secondary N) is 1. The van der Waals surface area contributed by atoms with Gasteiger partial charge >= 0.3 is 11.9 Å². The van der Waals surface area contributed by atoms with E-state index < -0.39 is 11.9 Å². The molecule has 3 aliphatic rings. The molecule has 3 N–H and O–H groups in total. The summed E-state index contributed by atoms with van der Waals surface area (Å²) in [7, 11) is 7.50. The Kier molecular flexibility index (Phi) is 28.4. The van der Waals surface area contributed by atoms with Crippen molar-refractivity contribution >= 4 is 172 Å². The molecule has 0 aliphatic carbocycles. The highest BCUT2D eigenvalue weighted by molar-refractivity contribution is 7.12. The van der Waals surface area contributed by atoms with Crippen LogP contribution < -0.4 is 28.9 Å². The first-order valence-corrected chi connectivity index (χ1v) is 50.4. The Balaban J connectivity index is 0.000000142. The van der Waals surface area contributed by atoms with Crippen molar-refractivity contribution in [1.29, 1.82) is 0 Å². The van der Waals surface area contributed by atoms with Gasteiger partial charge in [-0.15, -0.1) is 26.6 Å². The van der Waals surface area contributed by atoms with Crippen LogP contribution in [0, 0.1) is 83.1 Å². The molecule has 3 amide bonds. The van der Waals surface area contributed by atoms with Gasteiger partial charge in [0, 0.05) is 166 Å². The number of tetrazole rings is 1. The topological polar surface area (TPSA) is 330 Å². The average Bonchev–Trinajstić information content (AvgIpc) is 1.57. The molecule has 0 unspecified atom stereocenters. The number of H-pyrrole nitrogens is 1. The molecule has 17 aromatic rings. The fourth-order valence-corrected chi connectivity index (χ4v) is 22.4. The van der Waals surface area contributed by atoms with Gasteiger partial charge in [0.2, 0.25) is 10.8 Å². The molecular weight excluding hydrogens is 1960 g/mol. The number of carboxylic acids is 2. The van der Waals surface area contributed by atoms with Crippen LogP contribution in [0.1, 0.15) is 174 Å². The SMILES string of the molecule is Cc1cc(OCCCc2c3n(c4c(-c5c(C)nn(C)c5C)c(Cl)ccc24)CCCN(c2cc(C(=O)O)cc4nnn(C)c24)C3=O)cc(C)c1Cl.Cc1cc(OCCCc2c3n(c4c(-c5c(C)nn(C)c5C)c(Cl)ccc24)CCCN(c2ccc(-c4nn[nH]n4)cc2)C3=O)cc(C)c1Cl.Cc1cc(OCCCc2c3n(c4c(-c5c(C)nn(C)c5C)c(Cl)ccc24)CCCN(c2csc(C(=O)O)n2)C3=O)cc(C)c1Cl. The number of carboxylic acid groups (broad SMARTS) is 2. The lowest BCUT2D eigenvalue weighted by molar-refractivity contribution is 0.0686. The van der Waals surface area contributed by atoms with Gasteiger partial charge in [0.1, 0.15) is 51.2 Å². The number of aromatic nitrogens is 17. The smallest absolute Gasteiger partial charge is 0.365 e. The maximum absolute atomic E-state index is 15.0. The van der Waals surface area contributed by atoms with Crippen LogP contribution in [0.25, 0.3) is 88.5 Å². The zero-order chi connectivity index (χ0) is 101. The number of nitrogens with zero attached hydrogens (tertiary/aromatic N) is 19. The molecule has 143 heavy (non-hydrogen) atoms. The molecule has 0 bridgehead atoms. The number of thiazole rings is 1. The van der Waals surface area contributed by atoms with Crippen LogP contribution in [0.15, 0.2) is 115 Å². The molecule has 9 aromatic heterocycles. The highest BCUT2D eigenvalue weighted by Crippen LogP contribution is 2.49. The summed E-state index contributed by atoms with van der Waals surface area (Å²) in [5, 5.41) is 64.6. The van der Waals surface area contributed by atoms with Crippen molar-refractivity contribution in [2.24, 2.45) is 28.2 Å². The second-order valence-corrected chi connectivity index (χ2v) is 40.0. The maximum atomic E-state index is 15.0. The molecule has 0 spiro atoms. The summed E-state index contributed by atoms with van der Waals surface area (Å²) in [6, 6.07) is 34.2. The third-order valence-electron chi connectivity index (χ3n) is 27.4. The summed E-state index contributed by atoms with van der Waals surface area (Å²) < 4.78 is 32.1. The second kappa shape index (κ2) is 40.8. The van der Waals surface area contributed by atoms with Gasteiger partial charge in [0.15, 0.2) is 0 Å². The number of amides is 3. The number of aromatic amines is 1. The molecule has 0 radical (unpaired) electrons. The molecule has 3 aliphatic heterocycles. The van der Waals surface area contributed by atoms with Crippen LogP contribution in [0.4, 0.5) is 17.2 Å². The van der Waals surface area contributed by atoms with Crippen LogP contribution in [0.5, 0.6) is 17.2 Å². The zero-order valence-electron chi connectivity index (χ0n) is 82.0. The van der Waals surface area contributed by atoms with E-state index in [0.717, 1.165) is 212 Å². The van der Waals surface area contributed by atoms with E-state index in [2.05, 4.69) is 72.8 Å². The highest BCUT2D eigenvalue weighted by Gasteiger charge is 2.39. The van der Waals surface area contributed by atoms with E-state index in [1.807, 2.05) is 207 Å². The minimum absolute atomic E-state index is 0.0345. The van der Waals surface area contributed by atoms with E-state index in [-0.39, 0.29) is 28.3 Å². The zero-order valence-corrected chi connectivity index (χ0v) is 87.4. The van der Waals surface area contributed by atoms with Gasteiger partial charge < -0.3 is 47.9 Å². The quantitative estimate of drug-likeness (QED) is 0.0473. The Labute approximate surface area is 858 Å². The maximum Gasteiger partial charge on any atom is 0.365 e.